The van der Waals surface area contributed by atoms with Crippen LogP contribution >= 0.6 is 0 Å². The van der Waals surface area contributed by atoms with E-state index in [0.29, 0.717) is 17.5 Å². The Kier molecular flexibility index (Phi) is 7.81. The molecule has 1 aliphatic rings. The van der Waals surface area contributed by atoms with Gasteiger partial charge in [0.15, 0.2) is 17.5 Å². The van der Waals surface area contributed by atoms with E-state index in [0.717, 1.165) is 44.2 Å². The highest BCUT2D eigenvalue weighted by Gasteiger charge is 2.35. The van der Waals surface area contributed by atoms with E-state index in [4.69, 9.17) is 15.0 Å². The van der Waals surface area contributed by atoms with E-state index in [-0.39, 0.29) is 5.41 Å². The van der Waals surface area contributed by atoms with Crippen LogP contribution in [0.15, 0.2) is 188 Å². The van der Waals surface area contributed by atoms with Gasteiger partial charge in [-0.1, -0.05) is 190 Å². The first-order valence-corrected chi connectivity index (χ1v) is 18.9. The van der Waals surface area contributed by atoms with Gasteiger partial charge < -0.3 is 0 Å². The van der Waals surface area contributed by atoms with E-state index in [1.165, 1.54) is 38.9 Å². The van der Waals surface area contributed by atoms with E-state index in [1.807, 2.05) is 12.1 Å². The minimum atomic E-state index is -0.0289. The standard InChI is InChI=1S/C52H37N3/c1-52(2)47-19-10-9-17-43(47)46-33-42(30-31-48(46)52)41-29-24-38-16-11-18-44(45(38)32-41)51-54-49(39-25-20-36(21-26-39)34-12-5-3-6-13-34)53-50(55-51)40-27-22-37(23-28-40)35-14-7-4-8-15-35/h3-33H,1-2H3. The predicted octanol–water partition coefficient (Wildman–Crippen LogP) is 13.3. The Bertz CT molecular complexity index is 2760. The lowest BCUT2D eigenvalue weighted by molar-refractivity contribution is 0.660. The molecule has 0 atom stereocenters. The van der Waals surface area contributed by atoms with Crippen LogP contribution in [0.4, 0.5) is 0 Å². The van der Waals surface area contributed by atoms with Crippen molar-refractivity contribution in [3.63, 3.8) is 0 Å². The van der Waals surface area contributed by atoms with Gasteiger partial charge >= 0.3 is 0 Å². The first kappa shape index (κ1) is 32.7. The number of rotatable bonds is 6. The summed E-state index contributed by atoms with van der Waals surface area (Å²) in [6.07, 6.45) is 0. The van der Waals surface area contributed by atoms with Crippen LogP contribution in [-0.4, -0.2) is 15.0 Å². The molecule has 9 aromatic rings. The predicted molar refractivity (Wildman–Crippen MR) is 228 cm³/mol. The fourth-order valence-corrected chi connectivity index (χ4v) is 8.19. The fourth-order valence-electron chi connectivity index (χ4n) is 8.19. The number of fused-ring (bicyclic) bond motifs is 4. The minimum absolute atomic E-state index is 0.0289. The molecule has 0 N–H and O–H groups in total. The van der Waals surface area contributed by atoms with Crippen molar-refractivity contribution in [3.05, 3.63) is 199 Å². The second-order valence-electron chi connectivity index (χ2n) is 14.9. The average Bonchev–Trinajstić information content (AvgIpc) is 3.49. The van der Waals surface area contributed by atoms with E-state index >= 15 is 0 Å². The van der Waals surface area contributed by atoms with E-state index in [2.05, 4.69) is 190 Å². The van der Waals surface area contributed by atoms with Gasteiger partial charge in [-0.05, 0) is 78.5 Å². The molecule has 0 spiro atoms. The van der Waals surface area contributed by atoms with Crippen molar-refractivity contribution >= 4 is 10.8 Å². The summed E-state index contributed by atoms with van der Waals surface area (Å²) in [5, 5.41) is 2.24. The second kappa shape index (κ2) is 13.2. The fraction of sp³-hybridized carbons (Fsp3) is 0.0577. The number of hydrogen-bond acceptors (Lipinski definition) is 3. The lowest BCUT2D eigenvalue weighted by atomic mass is 9.82. The normalized spacial score (nSPS) is 12.7. The Labute approximate surface area is 321 Å². The maximum absolute atomic E-state index is 5.19. The zero-order valence-electron chi connectivity index (χ0n) is 30.7. The number of hydrogen-bond donors (Lipinski definition) is 0. The van der Waals surface area contributed by atoms with Crippen molar-refractivity contribution in [2.45, 2.75) is 19.3 Å². The summed E-state index contributed by atoms with van der Waals surface area (Å²) in [6.45, 7) is 4.65. The Morgan fingerprint density at radius 1 is 0.309 bits per heavy atom. The van der Waals surface area contributed by atoms with Crippen LogP contribution in [0.2, 0.25) is 0 Å². The molecule has 0 radical (unpaired) electrons. The zero-order chi connectivity index (χ0) is 36.9. The zero-order valence-corrected chi connectivity index (χ0v) is 30.7. The molecule has 3 nitrogen and oxygen atoms in total. The van der Waals surface area contributed by atoms with Crippen molar-refractivity contribution in [2.24, 2.45) is 0 Å². The van der Waals surface area contributed by atoms with Crippen molar-refractivity contribution in [3.8, 4) is 78.7 Å². The molecule has 0 aliphatic heterocycles. The molecule has 1 heterocycles. The van der Waals surface area contributed by atoms with E-state index < -0.39 is 0 Å². The van der Waals surface area contributed by atoms with Crippen molar-refractivity contribution in [1.82, 2.24) is 15.0 Å². The first-order chi connectivity index (χ1) is 27.0. The highest BCUT2D eigenvalue weighted by atomic mass is 15.0. The van der Waals surface area contributed by atoms with Crippen molar-refractivity contribution in [1.29, 1.82) is 0 Å². The summed E-state index contributed by atoms with van der Waals surface area (Å²) in [7, 11) is 0. The third-order valence-electron chi connectivity index (χ3n) is 11.2. The molecule has 55 heavy (non-hydrogen) atoms. The molecule has 0 unspecified atom stereocenters. The summed E-state index contributed by atoms with van der Waals surface area (Å²) in [4.78, 5) is 15.5. The molecule has 0 fully saturated rings. The van der Waals surface area contributed by atoms with Gasteiger partial charge in [-0.25, -0.2) is 15.0 Å². The SMILES string of the molecule is CC1(C)c2ccccc2-c2cc(-c3ccc4cccc(-c5nc(-c6ccc(-c7ccccc7)cc6)nc(-c6ccc(-c7ccccc7)cc6)n5)c4c3)ccc21. The van der Waals surface area contributed by atoms with Crippen molar-refractivity contribution in [2.75, 3.05) is 0 Å². The van der Waals surface area contributed by atoms with Gasteiger partial charge in [-0.15, -0.1) is 0 Å². The first-order valence-electron chi connectivity index (χ1n) is 18.9. The van der Waals surface area contributed by atoms with Crippen LogP contribution < -0.4 is 0 Å². The molecule has 0 saturated carbocycles. The van der Waals surface area contributed by atoms with Gasteiger partial charge in [-0.3, -0.25) is 0 Å². The van der Waals surface area contributed by atoms with Gasteiger partial charge in [0.05, 0.1) is 0 Å². The second-order valence-corrected chi connectivity index (χ2v) is 14.9. The van der Waals surface area contributed by atoms with E-state index in [1.54, 1.807) is 0 Å². The largest absolute Gasteiger partial charge is 0.208 e. The van der Waals surface area contributed by atoms with Crippen LogP contribution in [0.1, 0.15) is 25.0 Å². The minimum Gasteiger partial charge on any atom is -0.208 e. The third kappa shape index (κ3) is 5.82. The highest BCUT2D eigenvalue weighted by molar-refractivity contribution is 5.98. The monoisotopic (exact) mass is 703 g/mol. The van der Waals surface area contributed by atoms with Gasteiger partial charge in [0.2, 0.25) is 0 Å². The molecule has 260 valence electrons. The topological polar surface area (TPSA) is 38.7 Å². The third-order valence-corrected chi connectivity index (χ3v) is 11.2. The molecule has 0 amide bonds. The maximum atomic E-state index is 5.19. The van der Waals surface area contributed by atoms with Gasteiger partial charge in [0, 0.05) is 22.1 Å². The number of nitrogens with zero attached hydrogens (tertiary/aromatic N) is 3. The number of benzene rings is 8. The molecule has 3 heteroatoms. The summed E-state index contributed by atoms with van der Waals surface area (Å²) in [5.74, 6) is 1.92. The molecular formula is C52H37N3. The quantitative estimate of drug-likeness (QED) is 0.173. The summed E-state index contributed by atoms with van der Waals surface area (Å²) >= 11 is 0. The Hall–Kier alpha value is -6.97. The Morgan fingerprint density at radius 3 is 1.40 bits per heavy atom. The Morgan fingerprint density at radius 2 is 0.764 bits per heavy atom. The lowest BCUT2D eigenvalue weighted by Gasteiger charge is -2.21. The summed E-state index contributed by atoms with van der Waals surface area (Å²) in [6, 6.07) is 66.8. The van der Waals surface area contributed by atoms with Crippen LogP contribution in [-0.2, 0) is 5.41 Å². The molecule has 8 aromatic carbocycles. The van der Waals surface area contributed by atoms with E-state index in [9.17, 15) is 0 Å². The van der Waals surface area contributed by atoms with Gasteiger partial charge in [0.25, 0.3) is 0 Å². The summed E-state index contributed by atoms with van der Waals surface area (Å²) in [5.41, 5.74) is 15.2. The van der Waals surface area contributed by atoms with Gasteiger partial charge in [0.1, 0.15) is 0 Å². The summed E-state index contributed by atoms with van der Waals surface area (Å²) < 4.78 is 0. The van der Waals surface area contributed by atoms with Gasteiger partial charge in [-0.2, -0.15) is 0 Å². The van der Waals surface area contributed by atoms with Crippen LogP contribution in [0, 0.1) is 0 Å². The molecule has 10 rings (SSSR count). The molecule has 1 aromatic heterocycles. The molecule has 0 bridgehead atoms. The molecule has 1 aliphatic carbocycles. The smallest absolute Gasteiger partial charge is 0.164 e. The highest BCUT2D eigenvalue weighted by Crippen LogP contribution is 2.49. The Balaban J connectivity index is 1.10. The molecule has 0 saturated heterocycles. The maximum Gasteiger partial charge on any atom is 0.164 e. The van der Waals surface area contributed by atoms with Crippen LogP contribution in [0.5, 0.6) is 0 Å². The van der Waals surface area contributed by atoms with Crippen LogP contribution in [0.3, 0.4) is 0 Å². The number of aromatic nitrogens is 3. The van der Waals surface area contributed by atoms with Crippen molar-refractivity contribution < 1.29 is 0 Å². The average molecular weight is 704 g/mol. The lowest BCUT2D eigenvalue weighted by Crippen LogP contribution is -2.14. The molecular weight excluding hydrogens is 667 g/mol. The van der Waals surface area contributed by atoms with Crippen LogP contribution in [0.25, 0.3) is 89.4 Å².